The largest absolute Gasteiger partial charge is 0.469 e. The number of thioether (sulfide) groups is 1. The Bertz CT molecular complexity index is 1200. The van der Waals surface area contributed by atoms with E-state index in [9.17, 15) is 19.6 Å². The second-order valence-electron chi connectivity index (χ2n) is 7.31. The number of nitrogens with two attached hydrogens (primary N) is 1. The minimum absolute atomic E-state index is 0.0182. The first-order valence-corrected chi connectivity index (χ1v) is 11.8. The van der Waals surface area contributed by atoms with Gasteiger partial charge in [0, 0.05) is 11.4 Å². The Balaban J connectivity index is 1.78. The molecule has 1 aromatic heterocycles. The summed E-state index contributed by atoms with van der Waals surface area (Å²) in [5, 5.41) is 14.2. The normalized spacial score (nSPS) is 19.9. The first-order valence-electron chi connectivity index (χ1n) is 10.0. The Morgan fingerprint density at radius 3 is 2.64 bits per heavy atom. The Hall–Kier alpha value is -3.55. The van der Waals surface area contributed by atoms with E-state index in [2.05, 4.69) is 11.4 Å². The minimum atomic E-state index is -0.801. The fourth-order valence-corrected chi connectivity index (χ4v) is 5.93. The number of carbonyl (C=O) groups excluding carboxylic acids is 3. The quantitative estimate of drug-likeness (QED) is 0.609. The molecular weight excluding hydrogens is 460 g/mol. The summed E-state index contributed by atoms with van der Waals surface area (Å²) < 4.78 is 4.71. The van der Waals surface area contributed by atoms with Crippen LogP contribution in [0.5, 0.6) is 0 Å². The topological polar surface area (TPSA) is 126 Å². The van der Waals surface area contributed by atoms with Crippen LogP contribution in [-0.2, 0) is 25.7 Å². The number of fused-ring (bicyclic) bond motifs is 1. The number of allylic oxidation sites excluding steroid dienone is 1. The van der Waals surface area contributed by atoms with Gasteiger partial charge in [0.05, 0.1) is 41.7 Å². The molecule has 0 saturated carbocycles. The zero-order valence-electron chi connectivity index (χ0n) is 17.6. The van der Waals surface area contributed by atoms with Gasteiger partial charge in [0.1, 0.15) is 11.1 Å². The second kappa shape index (κ2) is 9.52. The molecule has 168 valence electrons. The van der Waals surface area contributed by atoms with Gasteiger partial charge in [-0.15, -0.1) is 11.3 Å². The number of rotatable bonds is 6. The number of nitrogens with zero attached hydrogens (tertiary/aromatic N) is 2. The van der Waals surface area contributed by atoms with Gasteiger partial charge in [0.2, 0.25) is 5.91 Å². The molecule has 2 atom stereocenters. The van der Waals surface area contributed by atoms with E-state index >= 15 is 0 Å². The van der Waals surface area contributed by atoms with Gasteiger partial charge >= 0.3 is 5.97 Å². The van der Waals surface area contributed by atoms with Crippen molar-refractivity contribution in [1.29, 1.82) is 5.26 Å². The molecule has 2 aliphatic heterocycles. The van der Waals surface area contributed by atoms with Crippen LogP contribution in [0, 0.1) is 11.3 Å². The molecule has 33 heavy (non-hydrogen) atoms. The number of hydrogen-bond donors (Lipinski definition) is 2. The van der Waals surface area contributed by atoms with Crippen LogP contribution in [0.1, 0.15) is 22.8 Å². The molecule has 0 aliphatic carbocycles. The summed E-state index contributed by atoms with van der Waals surface area (Å²) in [6.07, 6.45) is -0.169. The lowest BCUT2D eigenvalue weighted by Gasteiger charge is -2.31. The van der Waals surface area contributed by atoms with E-state index in [0.717, 1.165) is 22.2 Å². The van der Waals surface area contributed by atoms with Crippen molar-refractivity contribution in [3.63, 3.8) is 0 Å². The van der Waals surface area contributed by atoms with Crippen molar-refractivity contribution in [3.8, 4) is 6.07 Å². The van der Waals surface area contributed by atoms with E-state index in [1.54, 1.807) is 0 Å². The number of esters is 1. The summed E-state index contributed by atoms with van der Waals surface area (Å²) in [5.74, 6) is -2.14. The maximum atomic E-state index is 13.5. The predicted octanol–water partition coefficient (Wildman–Crippen LogP) is 2.57. The highest BCUT2D eigenvalue weighted by atomic mass is 32.2. The zero-order chi connectivity index (χ0) is 23.5. The maximum absolute atomic E-state index is 13.5. The van der Waals surface area contributed by atoms with Gasteiger partial charge in [0.15, 0.2) is 0 Å². The van der Waals surface area contributed by atoms with Crippen LogP contribution in [0.3, 0.4) is 0 Å². The third kappa shape index (κ3) is 4.25. The molecule has 8 nitrogen and oxygen atoms in total. The fourth-order valence-electron chi connectivity index (χ4n) is 3.76. The van der Waals surface area contributed by atoms with Gasteiger partial charge < -0.3 is 15.8 Å². The summed E-state index contributed by atoms with van der Waals surface area (Å²) in [6.45, 7) is 0.277. The summed E-state index contributed by atoms with van der Waals surface area (Å²) >= 11 is 2.49. The lowest BCUT2D eigenvalue weighted by molar-refractivity contribution is -0.142. The summed E-state index contributed by atoms with van der Waals surface area (Å²) in [6, 6.07) is 15.2. The molecule has 2 aromatic rings. The molecular formula is C23H20N4O4S2. The number of benzene rings is 1. The van der Waals surface area contributed by atoms with Crippen molar-refractivity contribution in [3.05, 3.63) is 80.3 Å². The Morgan fingerprint density at radius 2 is 2.00 bits per heavy atom. The first kappa shape index (κ1) is 22.6. The maximum Gasteiger partial charge on any atom is 0.307 e. The second-order valence-corrected chi connectivity index (χ2v) is 9.48. The first-order chi connectivity index (χ1) is 16.0. The Morgan fingerprint density at radius 1 is 1.24 bits per heavy atom. The molecule has 10 heteroatoms. The van der Waals surface area contributed by atoms with Crippen molar-refractivity contribution >= 4 is 40.9 Å². The van der Waals surface area contributed by atoms with Gasteiger partial charge in [-0.1, -0.05) is 48.2 Å². The van der Waals surface area contributed by atoms with Crippen LogP contribution in [0.4, 0.5) is 0 Å². The molecule has 0 radical (unpaired) electrons. The van der Waals surface area contributed by atoms with E-state index in [0.29, 0.717) is 5.03 Å². The van der Waals surface area contributed by atoms with E-state index in [-0.39, 0.29) is 29.9 Å². The number of nitrogens with one attached hydrogen (secondary N) is 1. The molecule has 1 saturated heterocycles. The van der Waals surface area contributed by atoms with E-state index in [1.165, 1.54) is 23.3 Å². The van der Waals surface area contributed by atoms with Crippen LogP contribution in [-0.4, -0.2) is 35.0 Å². The summed E-state index contributed by atoms with van der Waals surface area (Å²) in [4.78, 5) is 40.4. The van der Waals surface area contributed by atoms with Crippen molar-refractivity contribution < 1.29 is 19.1 Å². The molecule has 1 aromatic carbocycles. The molecule has 0 unspecified atom stereocenters. The van der Waals surface area contributed by atoms with Crippen molar-refractivity contribution in [2.24, 2.45) is 5.73 Å². The average molecular weight is 481 g/mol. The number of carbonyl (C=O) groups is 3. The monoisotopic (exact) mass is 480 g/mol. The molecule has 1 fully saturated rings. The highest BCUT2D eigenvalue weighted by Gasteiger charge is 2.48. The molecule has 4 rings (SSSR count). The predicted molar refractivity (Wildman–Crippen MR) is 124 cm³/mol. The zero-order valence-corrected chi connectivity index (χ0v) is 19.2. The molecule has 3 N–H and O–H groups in total. The smallest absolute Gasteiger partial charge is 0.307 e. The Kier molecular flexibility index (Phi) is 6.53. The van der Waals surface area contributed by atoms with E-state index in [1.807, 2.05) is 47.8 Å². The van der Waals surface area contributed by atoms with E-state index < -0.39 is 29.0 Å². The van der Waals surface area contributed by atoms with Crippen LogP contribution in [0.15, 0.2) is 69.8 Å². The molecule has 2 aliphatic rings. The highest BCUT2D eigenvalue weighted by molar-refractivity contribution is 8.04. The molecule has 0 bridgehead atoms. The lowest BCUT2D eigenvalue weighted by Crippen LogP contribution is -2.40. The summed E-state index contributed by atoms with van der Waals surface area (Å²) in [7, 11) is 1.25. The number of hydrogen-bond acceptors (Lipinski definition) is 8. The van der Waals surface area contributed by atoms with Gasteiger partial charge in [0.25, 0.3) is 5.91 Å². The Labute approximate surface area is 198 Å². The van der Waals surface area contributed by atoms with Gasteiger partial charge in [-0.25, -0.2) is 0 Å². The van der Waals surface area contributed by atoms with Crippen molar-refractivity contribution in [2.75, 3.05) is 7.11 Å². The van der Waals surface area contributed by atoms with Crippen LogP contribution in [0.25, 0.3) is 0 Å². The number of thiophene rings is 1. The number of methoxy groups -OCH3 is 1. The van der Waals surface area contributed by atoms with Gasteiger partial charge in [-0.2, -0.15) is 5.26 Å². The van der Waals surface area contributed by atoms with Crippen LogP contribution >= 0.6 is 23.1 Å². The standard InChI is InChI=1S/C23H20N4O4S2/c1-31-17(28)10-16-22(30)27-20(25)14(11-24)18(15-8-5-9-32-15)19(23(27)33-16)21(29)26-12-13-6-3-2-4-7-13/h2-9,16,18H,10,12,25H2,1H3,(H,26,29)/t16-,18+/m1/s1. The van der Waals surface area contributed by atoms with Crippen LogP contribution in [0.2, 0.25) is 0 Å². The molecule has 3 heterocycles. The van der Waals surface area contributed by atoms with Gasteiger partial charge in [-0.05, 0) is 17.0 Å². The van der Waals surface area contributed by atoms with Crippen LogP contribution < -0.4 is 11.1 Å². The number of ether oxygens (including phenoxy) is 1. The number of nitriles is 1. The SMILES string of the molecule is COC(=O)C[C@H]1SC2=C(C(=O)NCc3ccccc3)[C@H](c3cccs3)C(C#N)=C(N)N2C1=O. The molecule has 0 spiro atoms. The number of amides is 2. The van der Waals surface area contributed by atoms with Crippen molar-refractivity contribution in [2.45, 2.75) is 24.1 Å². The van der Waals surface area contributed by atoms with Crippen molar-refractivity contribution in [1.82, 2.24) is 10.2 Å². The third-order valence-corrected chi connectivity index (χ3v) is 7.56. The minimum Gasteiger partial charge on any atom is -0.469 e. The third-order valence-electron chi connectivity index (χ3n) is 5.35. The van der Waals surface area contributed by atoms with E-state index in [4.69, 9.17) is 10.5 Å². The fraction of sp³-hybridized carbons (Fsp3) is 0.217. The average Bonchev–Trinajstić information content (AvgIpc) is 3.46. The summed E-state index contributed by atoms with van der Waals surface area (Å²) in [5.41, 5.74) is 7.59. The highest BCUT2D eigenvalue weighted by Crippen LogP contribution is 2.50. The molecule has 2 amide bonds. The van der Waals surface area contributed by atoms with Gasteiger partial charge in [-0.3, -0.25) is 19.3 Å². The lowest BCUT2D eigenvalue weighted by atomic mass is 9.87.